The molecule has 1 amide bonds. The fourth-order valence-corrected chi connectivity index (χ4v) is 3.77. The van der Waals surface area contributed by atoms with Crippen molar-refractivity contribution in [3.8, 4) is 34.3 Å². The number of benzene rings is 3. The molecule has 0 saturated carbocycles. The molecule has 0 unspecified atom stereocenters. The molecule has 4 rings (SSSR count). The number of halogens is 1. The topological polar surface area (TPSA) is 118 Å². The molecule has 0 bridgehead atoms. The van der Waals surface area contributed by atoms with Crippen LogP contribution in [0.25, 0.3) is 11.3 Å². The third-order valence-corrected chi connectivity index (χ3v) is 5.64. The lowest BCUT2D eigenvalue weighted by atomic mass is 10.1. The van der Waals surface area contributed by atoms with Crippen molar-refractivity contribution in [2.24, 2.45) is 5.10 Å². The van der Waals surface area contributed by atoms with Crippen LogP contribution in [0.1, 0.15) is 21.5 Å². The van der Waals surface area contributed by atoms with E-state index in [1.165, 1.54) is 18.3 Å². The Hall–Kier alpha value is -4.50. The van der Waals surface area contributed by atoms with Gasteiger partial charge in [0.2, 0.25) is 0 Å². The second kappa shape index (κ2) is 10.8. The molecule has 4 aromatic rings. The van der Waals surface area contributed by atoms with Crippen LogP contribution in [0, 0.1) is 0 Å². The predicted octanol–water partition coefficient (Wildman–Crippen LogP) is 4.44. The lowest BCUT2D eigenvalue weighted by Crippen LogP contribution is -2.17. The first-order valence-corrected chi connectivity index (χ1v) is 11.2. The second-order valence-corrected chi connectivity index (χ2v) is 8.14. The summed E-state index contributed by atoms with van der Waals surface area (Å²) in [4.78, 5) is 12.4. The van der Waals surface area contributed by atoms with E-state index in [1.807, 2.05) is 30.3 Å². The Morgan fingerprint density at radius 3 is 2.47 bits per heavy atom. The molecule has 10 heteroatoms. The van der Waals surface area contributed by atoms with Crippen LogP contribution in [-0.2, 0) is 6.54 Å². The van der Waals surface area contributed by atoms with Crippen LogP contribution in [0.5, 0.6) is 23.0 Å². The van der Waals surface area contributed by atoms with Crippen LogP contribution in [0.3, 0.4) is 0 Å². The number of aromatic hydroxyl groups is 2. The minimum absolute atomic E-state index is 0.0548. The maximum absolute atomic E-state index is 12.4. The van der Waals surface area contributed by atoms with Crippen molar-refractivity contribution < 1.29 is 24.5 Å². The van der Waals surface area contributed by atoms with E-state index in [2.05, 4.69) is 10.5 Å². The van der Waals surface area contributed by atoms with Gasteiger partial charge in [0.05, 0.1) is 27.0 Å². The molecular weight excluding hydrogens is 484 g/mol. The van der Waals surface area contributed by atoms with Gasteiger partial charge in [-0.25, -0.2) is 5.43 Å². The molecule has 1 aromatic heterocycles. The van der Waals surface area contributed by atoms with Crippen LogP contribution in [0.15, 0.2) is 72.0 Å². The van der Waals surface area contributed by atoms with Crippen LogP contribution in [0.4, 0.5) is 0 Å². The molecule has 0 atom stereocenters. The summed E-state index contributed by atoms with van der Waals surface area (Å²) in [6, 6.07) is 16.5. The van der Waals surface area contributed by atoms with Gasteiger partial charge in [-0.1, -0.05) is 29.8 Å². The molecule has 0 saturated heterocycles. The van der Waals surface area contributed by atoms with E-state index in [4.69, 9.17) is 26.2 Å². The van der Waals surface area contributed by atoms with Gasteiger partial charge in [0.1, 0.15) is 17.2 Å². The first-order valence-electron chi connectivity index (χ1n) is 10.8. The Kier molecular flexibility index (Phi) is 7.41. The highest BCUT2D eigenvalue weighted by Crippen LogP contribution is 2.33. The lowest BCUT2D eigenvalue weighted by molar-refractivity contribution is 0.0954. The predicted molar refractivity (Wildman–Crippen MR) is 136 cm³/mol. The average Bonchev–Trinajstić information content (AvgIpc) is 3.26. The van der Waals surface area contributed by atoms with Gasteiger partial charge in [-0.3, -0.25) is 9.48 Å². The molecular formula is C26H23ClN4O5. The molecule has 0 fully saturated rings. The second-order valence-electron chi connectivity index (χ2n) is 7.73. The van der Waals surface area contributed by atoms with E-state index in [-0.39, 0.29) is 17.1 Å². The minimum atomic E-state index is -0.603. The summed E-state index contributed by atoms with van der Waals surface area (Å²) >= 11 is 6.33. The summed E-state index contributed by atoms with van der Waals surface area (Å²) in [5.41, 5.74) is 5.30. The van der Waals surface area contributed by atoms with Gasteiger partial charge >= 0.3 is 0 Å². The lowest BCUT2D eigenvalue weighted by Gasteiger charge is -2.09. The number of amides is 1. The van der Waals surface area contributed by atoms with Crippen LogP contribution < -0.4 is 14.9 Å². The van der Waals surface area contributed by atoms with Gasteiger partial charge in [0, 0.05) is 34.0 Å². The smallest absolute Gasteiger partial charge is 0.271 e. The zero-order valence-corrected chi connectivity index (χ0v) is 20.2. The van der Waals surface area contributed by atoms with Gasteiger partial charge in [-0.05, 0) is 42.0 Å². The number of phenols is 2. The highest BCUT2D eigenvalue weighted by atomic mass is 35.5. The first kappa shape index (κ1) is 24.6. The Morgan fingerprint density at radius 1 is 1.06 bits per heavy atom. The van der Waals surface area contributed by atoms with Gasteiger partial charge in [-0.15, -0.1) is 0 Å². The molecule has 0 aliphatic carbocycles. The fraction of sp³-hybridized carbons (Fsp3) is 0.115. The number of hydrazone groups is 1. The van der Waals surface area contributed by atoms with E-state index in [0.29, 0.717) is 34.3 Å². The number of hydrogen-bond donors (Lipinski definition) is 3. The van der Waals surface area contributed by atoms with E-state index < -0.39 is 5.91 Å². The molecule has 36 heavy (non-hydrogen) atoms. The maximum Gasteiger partial charge on any atom is 0.271 e. The number of nitrogens with one attached hydrogen (secondary N) is 1. The summed E-state index contributed by atoms with van der Waals surface area (Å²) in [5, 5.41) is 28.6. The summed E-state index contributed by atoms with van der Waals surface area (Å²) < 4.78 is 12.5. The summed E-state index contributed by atoms with van der Waals surface area (Å²) in [6.45, 7) is 0.419. The average molecular weight is 507 g/mol. The first-order chi connectivity index (χ1) is 17.4. The normalized spacial score (nSPS) is 11.0. The van der Waals surface area contributed by atoms with E-state index in [1.54, 1.807) is 37.2 Å². The molecule has 3 N–H and O–H groups in total. The standard InChI is InChI=1S/C26H23ClN4O5/c1-35-23-8-7-16(11-24(23)36-2)25-19(15-31(30-25)14-17-5-3-4-6-22(17)27)13-28-29-26(34)18-9-20(32)12-21(33)10-18/h3-13,15,32-33H,14H2,1-2H3,(H,29,34). The van der Waals surface area contributed by atoms with Crippen molar-refractivity contribution in [3.63, 3.8) is 0 Å². The van der Waals surface area contributed by atoms with Crippen molar-refractivity contribution in [1.82, 2.24) is 15.2 Å². The van der Waals surface area contributed by atoms with Gasteiger partial charge in [0.25, 0.3) is 5.91 Å². The van der Waals surface area contributed by atoms with Crippen LogP contribution >= 0.6 is 11.6 Å². The van der Waals surface area contributed by atoms with Crippen LogP contribution in [0.2, 0.25) is 5.02 Å². The maximum atomic E-state index is 12.4. The number of rotatable bonds is 8. The number of carbonyl (C=O) groups is 1. The Balaban J connectivity index is 1.66. The third-order valence-electron chi connectivity index (χ3n) is 5.27. The summed E-state index contributed by atoms with van der Waals surface area (Å²) in [5.74, 6) is 0.0409. The van der Waals surface area contributed by atoms with Crippen LogP contribution in [-0.4, -0.2) is 46.3 Å². The van der Waals surface area contributed by atoms with Crippen molar-refractivity contribution in [3.05, 3.63) is 88.6 Å². The quantitative estimate of drug-likeness (QED) is 0.240. The number of nitrogens with zero attached hydrogens (tertiary/aromatic N) is 3. The molecule has 0 spiro atoms. The summed E-state index contributed by atoms with van der Waals surface area (Å²) in [7, 11) is 3.11. The molecule has 0 radical (unpaired) electrons. The molecule has 9 nitrogen and oxygen atoms in total. The number of ether oxygens (including phenoxy) is 2. The van der Waals surface area contributed by atoms with Crippen molar-refractivity contribution in [2.75, 3.05) is 14.2 Å². The van der Waals surface area contributed by atoms with E-state index in [0.717, 1.165) is 17.2 Å². The Morgan fingerprint density at radius 2 is 1.78 bits per heavy atom. The fourth-order valence-electron chi connectivity index (χ4n) is 3.57. The SMILES string of the molecule is COc1ccc(-c2nn(Cc3ccccc3Cl)cc2C=NNC(=O)c2cc(O)cc(O)c2)cc1OC. The van der Waals surface area contributed by atoms with Gasteiger partial charge in [0.15, 0.2) is 11.5 Å². The van der Waals surface area contributed by atoms with Crippen molar-refractivity contribution in [2.45, 2.75) is 6.54 Å². The number of methoxy groups -OCH3 is 2. The van der Waals surface area contributed by atoms with Gasteiger partial charge < -0.3 is 19.7 Å². The number of aromatic nitrogens is 2. The monoisotopic (exact) mass is 506 g/mol. The number of phenolic OH excluding ortho intramolecular Hbond substituents is 2. The minimum Gasteiger partial charge on any atom is -0.508 e. The van der Waals surface area contributed by atoms with Crippen molar-refractivity contribution in [1.29, 1.82) is 0 Å². The number of hydrogen-bond acceptors (Lipinski definition) is 7. The van der Waals surface area contributed by atoms with E-state index in [9.17, 15) is 15.0 Å². The zero-order valence-electron chi connectivity index (χ0n) is 19.5. The third kappa shape index (κ3) is 5.59. The zero-order chi connectivity index (χ0) is 25.7. The molecule has 0 aliphatic rings. The molecule has 1 heterocycles. The Labute approximate surface area is 212 Å². The molecule has 184 valence electrons. The molecule has 3 aromatic carbocycles. The van der Waals surface area contributed by atoms with Crippen molar-refractivity contribution >= 4 is 23.7 Å². The Bertz CT molecular complexity index is 1410. The van der Waals surface area contributed by atoms with E-state index >= 15 is 0 Å². The highest BCUT2D eigenvalue weighted by molar-refractivity contribution is 6.31. The largest absolute Gasteiger partial charge is 0.508 e. The van der Waals surface area contributed by atoms with Gasteiger partial charge in [-0.2, -0.15) is 10.2 Å². The summed E-state index contributed by atoms with van der Waals surface area (Å²) in [6.07, 6.45) is 3.24. The number of carbonyl (C=O) groups excluding carboxylic acids is 1. The molecule has 0 aliphatic heterocycles. The highest BCUT2D eigenvalue weighted by Gasteiger charge is 2.15.